The summed E-state index contributed by atoms with van der Waals surface area (Å²) < 4.78 is 18.7. The predicted octanol–water partition coefficient (Wildman–Crippen LogP) is 5.00. The number of halogens is 1. The number of benzene rings is 2. The monoisotopic (exact) mass is 415 g/mol. The summed E-state index contributed by atoms with van der Waals surface area (Å²) in [5.41, 5.74) is 10.7. The molecule has 1 aliphatic carbocycles. The van der Waals surface area contributed by atoms with Crippen LogP contribution in [0.25, 0.3) is 11.3 Å². The quantitative estimate of drug-likeness (QED) is 0.454. The summed E-state index contributed by atoms with van der Waals surface area (Å²) in [5.74, 6) is 1.02. The first-order chi connectivity index (χ1) is 15.0. The molecule has 2 aromatic carbocycles. The van der Waals surface area contributed by atoms with E-state index in [9.17, 15) is 4.39 Å². The Kier molecular flexibility index (Phi) is 5.77. The van der Waals surface area contributed by atoms with Gasteiger partial charge in [0.25, 0.3) is 0 Å². The lowest BCUT2D eigenvalue weighted by Gasteiger charge is -2.20. The second-order valence-electron chi connectivity index (χ2n) is 6.99. The molecule has 0 saturated carbocycles. The van der Waals surface area contributed by atoms with Crippen LogP contribution in [0, 0.1) is 18.2 Å². The molecule has 7 heteroatoms. The molecule has 0 atom stereocenters. The van der Waals surface area contributed by atoms with E-state index in [1.807, 2.05) is 42.5 Å². The highest BCUT2D eigenvalue weighted by molar-refractivity contribution is 6.15. The van der Waals surface area contributed by atoms with Crippen LogP contribution >= 0.6 is 0 Å². The number of rotatable bonds is 6. The van der Waals surface area contributed by atoms with Crippen LogP contribution in [0.4, 0.5) is 15.8 Å². The Morgan fingerprint density at radius 2 is 1.81 bits per heavy atom. The Balaban J connectivity index is 1.51. The van der Waals surface area contributed by atoms with Gasteiger partial charge in [0, 0.05) is 41.7 Å². The molecule has 0 unspecified atom stereocenters. The number of aromatic nitrogens is 1. The molecule has 6 nitrogen and oxygen atoms in total. The van der Waals surface area contributed by atoms with Gasteiger partial charge in [-0.2, -0.15) is 0 Å². The van der Waals surface area contributed by atoms with Crippen molar-refractivity contribution in [1.29, 1.82) is 5.41 Å². The lowest BCUT2D eigenvalue weighted by Crippen LogP contribution is -2.21. The van der Waals surface area contributed by atoms with Gasteiger partial charge in [0.05, 0.1) is 17.6 Å². The normalized spacial score (nSPS) is 14.9. The van der Waals surface area contributed by atoms with E-state index in [-0.39, 0.29) is 12.4 Å². The molecule has 1 aliphatic rings. The summed E-state index contributed by atoms with van der Waals surface area (Å²) in [6.45, 7) is 2.01. The molecular weight excluding hydrogens is 393 g/mol. The second-order valence-corrected chi connectivity index (χ2v) is 6.99. The maximum atomic E-state index is 13.2. The summed E-state index contributed by atoms with van der Waals surface area (Å²) >= 11 is 0. The third-order valence-corrected chi connectivity index (χ3v) is 4.80. The van der Waals surface area contributed by atoms with E-state index < -0.39 is 0 Å². The Morgan fingerprint density at radius 3 is 2.45 bits per heavy atom. The number of oxazole rings is 1. The average molecular weight is 415 g/mol. The van der Waals surface area contributed by atoms with Crippen LogP contribution in [-0.2, 0) is 0 Å². The molecule has 0 aliphatic heterocycles. The third-order valence-electron chi connectivity index (χ3n) is 4.80. The summed E-state index contributed by atoms with van der Waals surface area (Å²) in [6, 6.07) is 13.7. The Labute approximate surface area is 179 Å². The van der Waals surface area contributed by atoms with Crippen molar-refractivity contribution in [3.63, 3.8) is 0 Å². The zero-order valence-corrected chi connectivity index (χ0v) is 16.9. The van der Waals surface area contributed by atoms with Gasteiger partial charge in [0.15, 0.2) is 11.7 Å². The molecular formula is C24H22FN5O. The number of anilines is 2. The molecule has 1 heterocycles. The number of hydrogen-bond donors (Lipinski definition) is 4. The van der Waals surface area contributed by atoms with E-state index in [1.165, 1.54) is 12.1 Å². The van der Waals surface area contributed by atoms with E-state index in [2.05, 4.69) is 15.6 Å². The number of aryl methyl sites for hydroxylation is 1. The summed E-state index contributed by atoms with van der Waals surface area (Å²) in [6.07, 6.45) is 7.23. The standard InChI is InChI=1S/C24H22FN5O/c1-15-28-14-23(31-15)16-5-9-18(10-6-16)29-21-4-2-3-20(24(21)27)22(13-26)30-19-11-7-17(25)8-12-19/h2-12,14,27,29-30H,13,26H2,1H3/b22-20-,27-24?. The van der Waals surface area contributed by atoms with E-state index in [0.29, 0.717) is 40.0 Å². The SMILES string of the molecule is Cc1ncc(-c2ccc(NC3=CC=C/C(=C(\CN)Nc4ccc(F)cc4)C3=N)cc2)o1. The van der Waals surface area contributed by atoms with Crippen LogP contribution in [0.2, 0.25) is 0 Å². The summed E-state index contributed by atoms with van der Waals surface area (Å²) in [5, 5.41) is 15.1. The van der Waals surface area contributed by atoms with Crippen LogP contribution < -0.4 is 16.4 Å². The minimum atomic E-state index is -0.309. The molecule has 0 amide bonds. The molecule has 3 aromatic rings. The van der Waals surface area contributed by atoms with E-state index >= 15 is 0 Å². The molecule has 0 spiro atoms. The van der Waals surface area contributed by atoms with Crippen LogP contribution in [-0.4, -0.2) is 17.2 Å². The van der Waals surface area contributed by atoms with Crippen LogP contribution in [0.3, 0.4) is 0 Å². The van der Waals surface area contributed by atoms with Gasteiger partial charge in [0.2, 0.25) is 0 Å². The summed E-state index contributed by atoms with van der Waals surface area (Å²) in [4.78, 5) is 4.12. The van der Waals surface area contributed by atoms with Gasteiger partial charge in [0.1, 0.15) is 5.82 Å². The molecule has 156 valence electrons. The van der Waals surface area contributed by atoms with Crippen molar-refractivity contribution in [2.45, 2.75) is 6.92 Å². The fourth-order valence-electron chi connectivity index (χ4n) is 3.21. The summed E-state index contributed by atoms with van der Waals surface area (Å²) in [7, 11) is 0. The minimum absolute atomic E-state index is 0.206. The molecule has 0 bridgehead atoms. The molecule has 31 heavy (non-hydrogen) atoms. The van der Waals surface area contributed by atoms with Gasteiger partial charge in [-0.25, -0.2) is 9.37 Å². The van der Waals surface area contributed by atoms with Crippen molar-refractivity contribution < 1.29 is 8.81 Å². The minimum Gasteiger partial charge on any atom is -0.441 e. The first-order valence-corrected chi connectivity index (χ1v) is 9.77. The smallest absolute Gasteiger partial charge is 0.191 e. The molecule has 0 fully saturated rings. The van der Waals surface area contributed by atoms with Crippen LogP contribution in [0.5, 0.6) is 0 Å². The molecule has 1 aromatic heterocycles. The molecule has 4 rings (SSSR count). The largest absolute Gasteiger partial charge is 0.441 e. The van der Waals surface area contributed by atoms with Gasteiger partial charge in [-0.3, -0.25) is 5.41 Å². The van der Waals surface area contributed by atoms with Gasteiger partial charge >= 0.3 is 0 Å². The zero-order chi connectivity index (χ0) is 21.8. The van der Waals surface area contributed by atoms with E-state index in [0.717, 1.165) is 11.3 Å². The van der Waals surface area contributed by atoms with Crippen molar-refractivity contribution in [1.82, 2.24) is 4.98 Å². The lowest BCUT2D eigenvalue weighted by molar-refractivity contribution is 0.534. The highest BCUT2D eigenvalue weighted by Crippen LogP contribution is 2.25. The zero-order valence-electron chi connectivity index (χ0n) is 16.9. The molecule has 0 radical (unpaired) electrons. The molecule has 5 N–H and O–H groups in total. The van der Waals surface area contributed by atoms with Crippen molar-refractivity contribution in [2.75, 3.05) is 17.2 Å². The second kappa shape index (κ2) is 8.81. The van der Waals surface area contributed by atoms with Gasteiger partial charge in [-0.05, 0) is 54.6 Å². The van der Waals surface area contributed by atoms with Crippen LogP contribution in [0.1, 0.15) is 5.89 Å². The topological polar surface area (TPSA) is 100.0 Å². The fourth-order valence-corrected chi connectivity index (χ4v) is 3.21. The van der Waals surface area contributed by atoms with Crippen molar-refractivity contribution >= 4 is 17.1 Å². The number of allylic oxidation sites excluding steroid dienone is 4. The van der Waals surface area contributed by atoms with Gasteiger partial charge in [-0.1, -0.05) is 12.2 Å². The average Bonchev–Trinajstić information content (AvgIpc) is 3.22. The van der Waals surface area contributed by atoms with E-state index in [1.54, 1.807) is 25.3 Å². The maximum Gasteiger partial charge on any atom is 0.191 e. The van der Waals surface area contributed by atoms with Gasteiger partial charge in [-0.15, -0.1) is 0 Å². The predicted molar refractivity (Wildman–Crippen MR) is 121 cm³/mol. The Morgan fingerprint density at radius 1 is 1.10 bits per heavy atom. The highest BCUT2D eigenvalue weighted by Gasteiger charge is 2.16. The third kappa shape index (κ3) is 4.62. The number of nitrogens with two attached hydrogens (primary N) is 1. The van der Waals surface area contributed by atoms with Crippen molar-refractivity contribution in [2.24, 2.45) is 5.73 Å². The number of hydrogen-bond acceptors (Lipinski definition) is 6. The lowest BCUT2D eigenvalue weighted by atomic mass is 9.99. The first kappa shape index (κ1) is 20.3. The molecule has 0 saturated heterocycles. The van der Waals surface area contributed by atoms with Gasteiger partial charge < -0.3 is 20.8 Å². The van der Waals surface area contributed by atoms with E-state index in [4.69, 9.17) is 15.6 Å². The Bertz CT molecular complexity index is 1190. The number of nitrogens with zero attached hydrogens (tertiary/aromatic N) is 1. The first-order valence-electron chi connectivity index (χ1n) is 9.77. The highest BCUT2D eigenvalue weighted by atomic mass is 19.1. The van der Waals surface area contributed by atoms with Crippen molar-refractivity contribution in [3.8, 4) is 11.3 Å². The maximum absolute atomic E-state index is 13.2. The fraction of sp³-hybridized carbons (Fsp3) is 0.0833. The van der Waals surface area contributed by atoms with Crippen molar-refractivity contribution in [3.05, 3.63) is 102 Å². The van der Waals surface area contributed by atoms with Crippen LogP contribution in [0.15, 0.2) is 94.3 Å². The Hall–Kier alpha value is -3.97. The number of nitrogens with one attached hydrogen (secondary N) is 3.